The summed E-state index contributed by atoms with van der Waals surface area (Å²) in [6.07, 6.45) is 0. The normalized spacial score (nSPS) is 9.81. The molecule has 9 heteroatoms. The van der Waals surface area contributed by atoms with Crippen molar-refractivity contribution in [3.63, 3.8) is 0 Å². The topological polar surface area (TPSA) is 74.6 Å². The minimum Gasteiger partial charge on any atom is -0.779 e. The van der Waals surface area contributed by atoms with Gasteiger partial charge in [0.15, 0.2) is 0 Å². The molecule has 0 fully saturated rings. The molecule has 31 heavy (non-hydrogen) atoms. The number of hydrogen-bond donors (Lipinski definition) is 2. The number of benzene rings is 2. The van der Waals surface area contributed by atoms with Crippen LogP contribution in [0.1, 0.15) is 20.7 Å². The van der Waals surface area contributed by atoms with Crippen LogP contribution in [-0.2, 0) is 44.7 Å². The van der Waals surface area contributed by atoms with Gasteiger partial charge in [-0.15, -0.1) is 22.7 Å². The fourth-order valence-electron chi connectivity index (χ4n) is 2.57. The maximum Gasteiger partial charge on any atom is 2.00 e. The van der Waals surface area contributed by atoms with Crippen LogP contribution in [0.2, 0.25) is 0 Å². The number of thiophene rings is 2. The molecule has 0 amide bonds. The van der Waals surface area contributed by atoms with E-state index in [-0.39, 0.29) is 30.6 Å². The molecule has 0 saturated heterocycles. The van der Waals surface area contributed by atoms with Crippen LogP contribution in [0.4, 0.5) is 0 Å². The van der Waals surface area contributed by atoms with Crippen LogP contribution >= 0.6 is 22.7 Å². The van der Waals surface area contributed by atoms with E-state index >= 15 is 0 Å². The van der Waals surface area contributed by atoms with Crippen molar-refractivity contribution in [1.29, 1.82) is 0 Å². The predicted molar refractivity (Wildman–Crippen MR) is 125 cm³/mol. The Morgan fingerprint density at radius 2 is 1.06 bits per heavy atom. The molecule has 0 bridgehead atoms. The fourth-order valence-corrected chi connectivity index (χ4v) is 4.69. The molecule has 0 aliphatic rings. The van der Waals surface area contributed by atoms with Gasteiger partial charge >= 0.3 is 31.4 Å². The molecule has 0 radical (unpaired) electrons. The van der Waals surface area contributed by atoms with Crippen molar-refractivity contribution in [3.05, 3.63) is 82.6 Å². The van der Waals surface area contributed by atoms with E-state index in [1.807, 2.05) is 35.0 Å². The zero-order chi connectivity index (χ0) is 21.7. The van der Waals surface area contributed by atoms with Crippen molar-refractivity contribution in [3.8, 4) is 20.9 Å². The molecule has 4 rings (SSSR count). The summed E-state index contributed by atoms with van der Waals surface area (Å²) in [6.45, 7) is 0. The van der Waals surface area contributed by atoms with Gasteiger partial charge in [-0.05, 0) is 58.3 Å². The van der Waals surface area contributed by atoms with Gasteiger partial charge in [0.2, 0.25) is 0 Å². The molecule has 4 aromatic rings. The van der Waals surface area contributed by atoms with Gasteiger partial charge in [-0.1, -0.05) is 24.3 Å². The number of rotatable bonds is 4. The largest absolute Gasteiger partial charge is 2.00 e. The molecule has 0 aliphatic heterocycles. The Hall–Kier alpha value is -2.16. The molecule has 2 aromatic heterocycles. The van der Waals surface area contributed by atoms with E-state index in [0.29, 0.717) is 9.79 Å². The third-order valence-electron chi connectivity index (χ3n) is 4.03. The van der Waals surface area contributed by atoms with Crippen molar-refractivity contribution in [2.75, 3.05) is 0 Å². The van der Waals surface area contributed by atoms with Crippen molar-refractivity contribution in [2.45, 2.75) is 9.79 Å². The summed E-state index contributed by atoms with van der Waals surface area (Å²) in [5.74, 6) is -1.86. The number of aromatic carboxylic acids is 2. The SMILES string of the molecule is O=C(O)c1ccc([S-])c(-c2cccs2)c1.O=C(O)c1ccc([S-])c(-c2cccs2)c1.[Zn+2]. The van der Waals surface area contributed by atoms with E-state index in [0.717, 1.165) is 20.9 Å². The smallest absolute Gasteiger partial charge is 0.779 e. The van der Waals surface area contributed by atoms with Crippen molar-refractivity contribution in [2.24, 2.45) is 0 Å². The van der Waals surface area contributed by atoms with Gasteiger partial charge in [-0.3, -0.25) is 0 Å². The van der Waals surface area contributed by atoms with Crippen molar-refractivity contribution < 1.29 is 39.3 Å². The summed E-state index contributed by atoms with van der Waals surface area (Å²) < 4.78 is 0. The minimum atomic E-state index is -0.928. The Bertz CT molecular complexity index is 1080. The molecular formula is C22H14O4S4Zn. The summed E-state index contributed by atoms with van der Waals surface area (Å²) in [6, 6.07) is 17.3. The van der Waals surface area contributed by atoms with Gasteiger partial charge in [0.05, 0.1) is 11.1 Å². The van der Waals surface area contributed by atoms with Crippen LogP contribution in [-0.4, -0.2) is 22.2 Å². The van der Waals surface area contributed by atoms with E-state index in [4.69, 9.17) is 35.5 Å². The Labute approximate surface area is 211 Å². The quantitative estimate of drug-likeness (QED) is 0.245. The predicted octanol–water partition coefficient (Wildman–Crippen LogP) is 6.04. The van der Waals surface area contributed by atoms with Gasteiger partial charge in [0, 0.05) is 9.75 Å². The molecule has 0 saturated carbocycles. The second kappa shape index (κ2) is 11.5. The molecular weight excluding hydrogens is 522 g/mol. The number of hydrogen-bond acceptors (Lipinski definition) is 6. The molecule has 4 nitrogen and oxygen atoms in total. The summed E-state index contributed by atoms with van der Waals surface area (Å²) in [5, 5.41) is 21.6. The minimum absolute atomic E-state index is 0. The van der Waals surface area contributed by atoms with Crippen LogP contribution in [0, 0.1) is 0 Å². The van der Waals surface area contributed by atoms with E-state index in [1.165, 1.54) is 12.1 Å². The molecule has 0 aliphatic carbocycles. The Morgan fingerprint density at radius 3 is 1.35 bits per heavy atom. The first-order chi connectivity index (χ1) is 14.4. The van der Waals surface area contributed by atoms with Crippen LogP contribution in [0.5, 0.6) is 0 Å². The van der Waals surface area contributed by atoms with E-state index < -0.39 is 11.9 Å². The second-order valence-electron chi connectivity index (χ2n) is 5.99. The van der Waals surface area contributed by atoms with Gasteiger partial charge in [0.1, 0.15) is 0 Å². The second-order valence-corrected chi connectivity index (χ2v) is 8.76. The van der Waals surface area contributed by atoms with Crippen molar-refractivity contribution in [1.82, 2.24) is 0 Å². The summed E-state index contributed by atoms with van der Waals surface area (Å²) in [4.78, 5) is 25.0. The summed E-state index contributed by atoms with van der Waals surface area (Å²) >= 11 is 13.4. The van der Waals surface area contributed by atoms with E-state index in [1.54, 1.807) is 46.9 Å². The van der Waals surface area contributed by atoms with Gasteiger partial charge < -0.3 is 35.5 Å². The fraction of sp³-hybridized carbons (Fsp3) is 0. The number of carboxylic acids is 2. The average molecular weight is 536 g/mol. The monoisotopic (exact) mass is 534 g/mol. The number of carbonyl (C=O) groups is 2. The molecule has 152 valence electrons. The molecule has 2 aromatic carbocycles. The molecule has 0 unspecified atom stereocenters. The van der Waals surface area contributed by atoms with Crippen LogP contribution in [0.25, 0.3) is 20.9 Å². The Morgan fingerprint density at radius 1 is 0.677 bits per heavy atom. The summed E-state index contributed by atoms with van der Waals surface area (Å²) in [7, 11) is 0. The first-order valence-corrected chi connectivity index (χ1v) is 11.1. The first-order valence-electron chi connectivity index (χ1n) is 8.53. The van der Waals surface area contributed by atoms with E-state index in [2.05, 4.69) is 0 Å². The summed E-state index contributed by atoms with van der Waals surface area (Å²) in [5.41, 5.74) is 2.18. The number of carboxylic acid groups (broad SMARTS) is 2. The third kappa shape index (κ3) is 6.41. The average Bonchev–Trinajstić information content (AvgIpc) is 3.43. The maximum atomic E-state index is 10.8. The van der Waals surface area contributed by atoms with Gasteiger partial charge in [0.25, 0.3) is 0 Å². The standard InChI is InChI=1S/2C11H8O2S2.Zn/c2*12-11(13)7-3-4-9(14)8(6-7)10-2-1-5-15-10;/h2*1-6,14H,(H,12,13);/q;;+2/p-2. The molecule has 0 spiro atoms. The Kier molecular flexibility index (Phi) is 9.28. The maximum absolute atomic E-state index is 10.8. The molecule has 2 heterocycles. The van der Waals surface area contributed by atoms with Crippen LogP contribution in [0.15, 0.2) is 81.2 Å². The Balaban J connectivity index is 0.000000213. The van der Waals surface area contributed by atoms with Crippen LogP contribution in [0.3, 0.4) is 0 Å². The molecule has 2 N–H and O–H groups in total. The zero-order valence-corrected chi connectivity index (χ0v) is 22.2. The van der Waals surface area contributed by atoms with Gasteiger partial charge in [-0.25, -0.2) is 9.59 Å². The zero-order valence-electron chi connectivity index (χ0n) is 16.0. The van der Waals surface area contributed by atoms with E-state index in [9.17, 15) is 9.59 Å². The van der Waals surface area contributed by atoms with Crippen molar-refractivity contribution >= 4 is 59.9 Å². The molecule has 0 atom stereocenters. The van der Waals surface area contributed by atoms with Crippen LogP contribution < -0.4 is 0 Å². The third-order valence-corrected chi connectivity index (χ3v) is 6.54. The van der Waals surface area contributed by atoms with Gasteiger partial charge in [-0.2, -0.15) is 9.79 Å². The first kappa shape index (κ1) is 25.1.